The molecule has 0 amide bonds. The minimum absolute atomic E-state index is 0. The predicted molar refractivity (Wildman–Crippen MR) is 75.9 cm³/mol. The van der Waals surface area contributed by atoms with Gasteiger partial charge in [0, 0.05) is 44.0 Å². The summed E-state index contributed by atoms with van der Waals surface area (Å²) in [4.78, 5) is 6.78. The Morgan fingerprint density at radius 1 is 1.44 bits per heavy atom. The van der Waals surface area contributed by atoms with E-state index in [-0.39, 0.29) is 24.8 Å². The highest BCUT2D eigenvalue weighted by molar-refractivity contribution is 5.85. The molecule has 0 radical (unpaired) electrons. The summed E-state index contributed by atoms with van der Waals surface area (Å²) in [6.45, 7) is 3.34. The van der Waals surface area contributed by atoms with E-state index in [9.17, 15) is 0 Å². The maximum atomic E-state index is 5.05. The molecule has 4 nitrogen and oxygen atoms in total. The average molecular weight is 292 g/mol. The van der Waals surface area contributed by atoms with Crippen LogP contribution in [0.5, 0.6) is 5.88 Å². The lowest BCUT2D eigenvalue weighted by Gasteiger charge is -2.27. The quantitative estimate of drug-likeness (QED) is 0.915. The number of pyridine rings is 1. The Morgan fingerprint density at radius 2 is 2.28 bits per heavy atom. The molecule has 1 N–H and O–H groups in total. The van der Waals surface area contributed by atoms with Gasteiger partial charge in [-0.3, -0.25) is 4.90 Å². The number of piperazine rings is 1. The van der Waals surface area contributed by atoms with E-state index in [1.807, 2.05) is 12.3 Å². The van der Waals surface area contributed by atoms with E-state index in [0.29, 0.717) is 5.88 Å². The van der Waals surface area contributed by atoms with E-state index in [2.05, 4.69) is 21.3 Å². The number of ether oxygens (including phenoxy) is 1. The van der Waals surface area contributed by atoms with Gasteiger partial charge in [-0.15, -0.1) is 24.8 Å². The van der Waals surface area contributed by atoms with Crippen LogP contribution in [0.4, 0.5) is 0 Å². The summed E-state index contributed by atoms with van der Waals surface area (Å²) >= 11 is 0. The number of nitrogens with one attached hydrogen (secondary N) is 1. The fourth-order valence-corrected chi connectivity index (χ4v) is 2.70. The summed E-state index contributed by atoms with van der Waals surface area (Å²) in [5, 5.41) is 3.51. The van der Waals surface area contributed by atoms with Gasteiger partial charge in [-0.2, -0.15) is 0 Å². The first-order valence-corrected chi connectivity index (χ1v) is 5.81. The second-order valence-corrected chi connectivity index (χ2v) is 4.63. The van der Waals surface area contributed by atoms with Crippen LogP contribution in [-0.4, -0.2) is 42.2 Å². The van der Waals surface area contributed by atoms with E-state index in [1.54, 1.807) is 7.11 Å². The van der Waals surface area contributed by atoms with Crippen LogP contribution in [0.2, 0.25) is 0 Å². The molecule has 2 saturated heterocycles. The van der Waals surface area contributed by atoms with Gasteiger partial charge < -0.3 is 10.1 Å². The van der Waals surface area contributed by atoms with Crippen LogP contribution in [0.1, 0.15) is 12.0 Å². The second kappa shape index (κ2) is 6.57. The molecule has 6 heteroatoms. The lowest BCUT2D eigenvalue weighted by molar-refractivity contribution is 0.217. The van der Waals surface area contributed by atoms with Gasteiger partial charge in [0.15, 0.2) is 0 Å². The molecule has 3 rings (SSSR count). The van der Waals surface area contributed by atoms with E-state index in [1.165, 1.54) is 18.5 Å². The Bertz CT molecular complexity index is 374. The number of aromatic nitrogens is 1. The molecule has 0 unspecified atom stereocenters. The van der Waals surface area contributed by atoms with Crippen LogP contribution < -0.4 is 10.1 Å². The van der Waals surface area contributed by atoms with Gasteiger partial charge in [0.05, 0.1) is 7.11 Å². The molecule has 0 spiro atoms. The molecule has 18 heavy (non-hydrogen) atoms. The van der Waals surface area contributed by atoms with Gasteiger partial charge in [0.2, 0.25) is 5.88 Å². The summed E-state index contributed by atoms with van der Waals surface area (Å²) in [7, 11) is 1.65. The molecule has 2 bridgehead atoms. The van der Waals surface area contributed by atoms with Gasteiger partial charge in [0.1, 0.15) is 0 Å². The predicted octanol–water partition coefficient (Wildman–Crippen LogP) is 1.48. The molecule has 2 fully saturated rings. The lowest BCUT2D eigenvalue weighted by atomic mass is 10.2. The van der Waals surface area contributed by atoms with Crippen LogP contribution in [0.15, 0.2) is 18.3 Å². The van der Waals surface area contributed by atoms with Crippen LogP contribution >= 0.6 is 24.8 Å². The Balaban J connectivity index is 0.000000810. The van der Waals surface area contributed by atoms with Crippen molar-refractivity contribution in [3.05, 3.63) is 23.9 Å². The SMILES string of the molecule is COc1ccc(CN2C[C@@H]3C[C@H]2CN3)cn1.Cl.Cl. The zero-order valence-corrected chi connectivity index (χ0v) is 12.0. The van der Waals surface area contributed by atoms with Gasteiger partial charge >= 0.3 is 0 Å². The number of nitrogens with zero attached hydrogens (tertiary/aromatic N) is 2. The van der Waals surface area contributed by atoms with E-state index >= 15 is 0 Å². The van der Waals surface area contributed by atoms with E-state index in [0.717, 1.165) is 25.2 Å². The number of halogens is 2. The molecule has 2 aliphatic heterocycles. The number of rotatable bonds is 3. The minimum Gasteiger partial charge on any atom is -0.481 e. The Morgan fingerprint density at radius 3 is 2.78 bits per heavy atom. The van der Waals surface area contributed by atoms with Crippen molar-refractivity contribution in [1.29, 1.82) is 0 Å². The Kier molecular flexibility index (Phi) is 5.66. The number of likely N-dealkylation sites (tertiary alicyclic amines) is 1. The topological polar surface area (TPSA) is 37.4 Å². The first-order chi connectivity index (χ1) is 7.85. The fourth-order valence-electron chi connectivity index (χ4n) is 2.70. The summed E-state index contributed by atoms with van der Waals surface area (Å²) in [5.74, 6) is 0.688. The van der Waals surface area contributed by atoms with Crippen molar-refractivity contribution >= 4 is 24.8 Å². The average Bonchev–Trinajstić information content (AvgIpc) is 2.92. The highest BCUT2D eigenvalue weighted by Crippen LogP contribution is 2.25. The summed E-state index contributed by atoms with van der Waals surface area (Å²) in [5.41, 5.74) is 1.27. The summed E-state index contributed by atoms with van der Waals surface area (Å²) < 4.78 is 5.05. The van der Waals surface area contributed by atoms with Crippen molar-refractivity contribution in [2.75, 3.05) is 20.2 Å². The fraction of sp³-hybridized carbons (Fsp3) is 0.583. The van der Waals surface area contributed by atoms with Crippen molar-refractivity contribution in [2.45, 2.75) is 25.0 Å². The van der Waals surface area contributed by atoms with Crippen molar-refractivity contribution < 1.29 is 4.74 Å². The van der Waals surface area contributed by atoms with Gasteiger partial charge in [0.25, 0.3) is 0 Å². The number of hydrogen-bond donors (Lipinski definition) is 1. The Labute approximate surface area is 120 Å². The zero-order valence-electron chi connectivity index (χ0n) is 10.3. The zero-order chi connectivity index (χ0) is 11.0. The highest BCUT2D eigenvalue weighted by Gasteiger charge is 2.37. The smallest absolute Gasteiger partial charge is 0.212 e. The van der Waals surface area contributed by atoms with Crippen molar-refractivity contribution in [3.63, 3.8) is 0 Å². The molecule has 2 aliphatic rings. The third kappa shape index (κ3) is 3.06. The summed E-state index contributed by atoms with van der Waals surface area (Å²) in [6.07, 6.45) is 3.22. The molecule has 1 aromatic rings. The normalized spacial score (nSPS) is 25.4. The standard InChI is InChI=1S/C12H17N3O.2ClH/c1-16-12-3-2-9(5-14-12)7-15-8-10-4-11(15)6-13-10;;/h2-3,5,10-11,13H,4,6-8H2,1H3;2*1H/t10-,11-;;/m0../s1. The summed E-state index contributed by atoms with van der Waals surface area (Å²) in [6, 6.07) is 5.48. The maximum absolute atomic E-state index is 5.05. The molecule has 1 aromatic heterocycles. The molecule has 3 heterocycles. The van der Waals surface area contributed by atoms with Crippen LogP contribution in [0.25, 0.3) is 0 Å². The molecular weight excluding hydrogens is 273 g/mol. The molecule has 0 saturated carbocycles. The molecule has 0 aliphatic carbocycles. The van der Waals surface area contributed by atoms with E-state index in [4.69, 9.17) is 4.74 Å². The van der Waals surface area contributed by atoms with E-state index < -0.39 is 0 Å². The molecule has 0 aromatic carbocycles. The minimum atomic E-state index is 0. The van der Waals surface area contributed by atoms with Crippen LogP contribution in [0.3, 0.4) is 0 Å². The van der Waals surface area contributed by atoms with Crippen molar-refractivity contribution in [1.82, 2.24) is 15.2 Å². The lowest BCUT2D eigenvalue weighted by Crippen LogP contribution is -2.42. The Hall–Kier alpha value is -0.550. The maximum Gasteiger partial charge on any atom is 0.212 e. The second-order valence-electron chi connectivity index (χ2n) is 4.63. The first-order valence-electron chi connectivity index (χ1n) is 5.81. The third-order valence-corrected chi connectivity index (χ3v) is 3.56. The molecular formula is C12H19Cl2N3O. The number of hydrogen-bond acceptors (Lipinski definition) is 4. The third-order valence-electron chi connectivity index (χ3n) is 3.56. The molecule has 2 atom stereocenters. The van der Waals surface area contributed by atoms with Crippen molar-refractivity contribution in [3.8, 4) is 5.88 Å². The number of methoxy groups -OCH3 is 1. The molecule has 102 valence electrons. The monoisotopic (exact) mass is 291 g/mol. The largest absolute Gasteiger partial charge is 0.481 e. The highest BCUT2D eigenvalue weighted by atomic mass is 35.5. The first kappa shape index (κ1) is 15.5. The van der Waals surface area contributed by atoms with Gasteiger partial charge in [-0.1, -0.05) is 6.07 Å². The van der Waals surface area contributed by atoms with Crippen molar-refractivity contribution in [2.24, 2.45) is 0 Å². The van der Waals surface area contributed by atoms with Gasteiger partial charge in [-0.25, -0.2) is 4.98 Å². The van der Waals surface area contributed by atoms with Crippen LogP contribution in [0, 0.1) is 0 Å². The number of fused-ring (bicyclic) bond motifs is 2. The van der Waals surface area contributed by atoms with Crippen LogP contribution in [-0.2, 0) is 6.54 Å². The van der Waals surface area contributed by atoms with Gasteiger partial charge in [-0.05, 0) is 12.0 Å².